The molecule has 0 radical (unpaired) electrons. The number of anilines is 1. The van der Waals surface area contributed by atoms with Crippen LogP contribution in [0.3, 0.4) is 0 Å². The van der Waals surface area contributed by atoms with Gasteiger partial charge < -0.3 is 24.4 Å². The van der Waals surface area contributed by atoms with Gasteiger partial charge in [0.05, 0.1) is 20.3 Å². The van der Waals surface area contributed by atoms with Gasteiger partial charge in [0, 0.05) is 12.2 Å². The molecule has 0 unspecified atom stereocenters. The molecule has 1 N–H and O–H groups in total. The maximum Gasteiger partial charge on any atom is 0.322 e. The summed E-state index contributed by atoms with van der Waals surface area (Å²) in [5.74, 6) is 2.12. The zero-order valence-corrected chi connectivity index (χ0v) is 19.6. The lowest BCUT2D eigenvalue weighted by Gasteiger charge is -2.37. The van der Waals surface area contributed by atoms with Gasteiger partial charge in [-0.3, -0.25) is 0 Å². The highest BCUT2D eigenvalue weighted by molar-refractivity contribution is 5.89. The minimum absolute atomic E-state index is 0.157. The summed E-state index contributed by atoms with van der Waals surface area (Å²) < 4.78 is 17.3. The Morgan fingerprint density at radius 3 is 2.30 bits per heavy atom. The zero-order valence-electron chi connectivity index (χ0n) is 19.6. The van der Waals surface area contributed by atoms with Crippen LogP contribution < -0.4 is 19.5 Å². The van der Waals surface area contributed by atoms with E-state index >= 15 is 0 Å². The molecule has 0 spiro atoms. The molecule has 1 aliphatic rings. The SMILES string of the molecule is COc1cc2c(cc1OC)[C@@H](COc1cc(C)cc(C)c1)N(C(=O)Nc1ccccc1)CC2. The van der Waals surface area contributed by atoms with Gasteiger partial charge in [0.1, 0.15) is 12.4 Å². The first-order valence-corrected chi connectivity index (χ1v) is 11.1. The molecule has 33 heavy (non-hydrogen) atoms. The number of aryl methyl sites for hydroxylation is 2. The van der Waals surface area contributed by atoms with Crippen molar-refractivity contribution in [2.24, 2.45) is 0 Å². The number of hydrogen-bond acceptors (Lipinski definition) is 4. The lowest BCUT2D eigenvalue weighted by Crippen LogP contribution is -2.44. The van der Waals surface area contributed by atoms with Crippen LogP contribution in [0.5, 0.6) is 17.2 Å². The number of nitrogens with one attached hydrogen (secondary N) is 1. The Kier molecular flexibility index (Phi) is 6.73. The molecule has 3 aromatic rings. The first-order valence-electron chi connectivity index (χ1n) is 11.1. The van der Waals surface area contributed by atoms with Crippen molar-refractivity contribution in [2.75, 3.05) is 32.7 Å². The summed E-state index contributed by atoms with van der Waals surface area (Å²) >= 11 is 0. The Morgan fingerprint density at radius 1 is 0.970 bits per heavy atom. The van der Waals surface area contributed by atoms with Crippen LogP contribution in [0.25, 0.3) is 0 Å². The third-order valence-corrected chi connectivity index (χ3v) is 5.89. The van der Waals surface area contributed by atoms with Crippen LogP contribution in [0, 0.1) is 13.8 Å². The van der Waals surface area contributed by atoms with Crippen molar-refractivity contribution in [3.05, 3.63) is 82.9 Å². The average Bonchev–Trinajstić information content (AvgIpc) is 2.81. The smallest absolute Gasteiger partial charge is 0.322 e. The Balaban J connectivity index is 1.66. The molecule has 1 heterocycles. The Bertz CT molecular complexity index is 1110. The van der Waals surface area contributed by atoms with Crippen LogP contribution in [0.15, 0.2) is 60.7 Å². The number of carbonyl (C=O) groups excluding carboxylic acids is 1. The van der Waals surface area contributed by atoms with Crippen molar-refractivity contribution in [1.82, 2.24) is 4.90 Å². The van der Waals surface area contributed by atoms with E-state index in [0.717, 1.165) is 40.1 Å². The molecule has 2 amide bonds. The second kappa shape index (κ2) is 9.86. The number of benzene rings is 3. The molecule has 0 saturated heterocycles. The number of rotatable bonds is 6. The van der Waals surface area contributed by atoms with Crippen LogP contribution in [0.2, 0.25) is 0 Å². The fourth-order valence-electron chi connectivity index (χ4n) is 4.36. The molecule has 0 fully saturated rings. The maximum atomic E-state index is 13.3. The molecule has 172 valence electrons. The van der Waals surface area contributed by atoms with Gasteiger partial charge in [0.25, 0.3) is 0 Å². The van der Waals surface area contributed by atoms with Gasteiger partial charge in [0.15, 0.2) is 11.5 Å². The largest absolute Gasteiger partial charge is 0.493 e. The van der Waals surface area contributed by atoms with Crippen LogP contribution in [-0.4, -0.2) is 38.3 Å². The number of fused-ring (bicyclic) bond motifs is 1. The molecule has 1 atom stereocenters. The van der Waals surface area contributed by atoms with E-state index in [2.05, 4.69) is 11.4 Å². The summed E-state index contributed by atoms with van der Waals surface area (Å²) in [5, 5.41) is 3.02. The highest BCUT2D eigenvalue weighted by atomic mass is 16.5. The molecule has 0 bridgehead atoms. The molecule has 1 aliphatic heterocycles. The van der Waals surface area contributed by atoms with Gasteiger partial charge in [-0.25, -0.2) is 4.79 Å². The number of methoxy groups -OCH3 is 2. The minimum atomic E-state index is -0.280. The van der Waals surface area contributed by atoms with Gasteiger partial charge in [-0.2, -0.15) is 0 Å². The highest BCUT2D eigenvalue weighted by Crippen LogP contribution is 2.38. The number of carbonyl (C=O) groups is 1. The highest BCUT2D eigenvalue weighted by Gasteiger charge is 2.33. The Hall–Kier alpha value is -3.67. The predicted octanol–water partition coefficient (Wildman–Crippen LogP) is 5.53. The topological polar surface area (TPSA) is 60.0 Å². The molecular weight excluding hydrogens is 416 g/mol. The standard InChI is InChI=1S/C27H30N2O4/c1-18-12-19(2)14-22(13-18)33-17-24-23-16-26(32-4)25(31-3)15-20(23)10-11-29(24)27(30)28-21-8-6-5-7-9-21/h5-9,12-16,24H,10-11,17H2,1-4H3,(H,28,30)/t24-/m1/s1. The molecule has 0 saturated carbocycles. The summed E-state index contributed by atoms with van der Waals surface area (Å²) in [4.78, 5) is 15.1. The van der Waals surface area contributed by atoms with E-state index in [-0.39, 0.29) is 12.1 Å². The third-order valence-electron chi connectivity index (χ3n) is 5.89. The van der Waals surface area contributed by atoms with Gasteiger partial charge in [-0.05, 0) is 78.9 Å². The molecule has 6 nitrogen and oxygen atoms in total. The van der Waals surface area contributed by atoms with Crippen molar-refractivity contribution in [3.63, 3.8) is 0 Å². The number of para-hydroxylation sites is 1. The van der Waals surface area contributed by atoms with E-state index in [1.807, 2.05) is 73.3 Å². The molecule has 3 aromatic carbocycles. The number of amides is 2. The molecular formula is C27H30N2O4. The second-order valence-corrected chi connectivity index (χ2v) is 8.30. The van der Waals surface area contributed by atoms with E-state index in [9.17, 15) is 4.79 Å². The lowest BCUT2D eigenvalue weighted by molar-refractivity contribution is 0.144. The molecule has 0 aromatic heterocycles. The fraction of sp³-hybridized carbons (Fsp3) is 0.296. The zero-order chi connectivity index (χ0) is 23.4. The molecule has 4 rings (SSSR count). The van der Waals surface area contributed by atoms with E-state index < -0.39 is 0 Å². The van der Waals surface area contributed by atoms with Gasteiger partial charge in [0.2, 0.25) is 0 Å². The van der Waals surface area contributed by atoms with Gasteiger partial charge in [-0.15, -0.1) is 0 Å². The summed E-state index contributed by atoms with van der Waals surface area (Å²) in [5.41, 5.74) is 5.17. The lowest BCUT2D eigenvalue weighted by atomic mass is 9.92. The third kappa shape index (κ3) is 5.06. The van der Waals surface area contributed by atoms with Crippen LogP contribution in [-0.2, 0) is 6.42 Å². The van der Waals surface area contributed by atoms with Crippen molar-refractivity contribution < 1.29 is 19.0 Å². The monoisotopic (exact) mass is 446 g/mol. The van der Waals surface area contributed by atoms with Crippen LogP contribution in [0.1, 0.15) is 28.3 Å². The summed E-state index contributed by atoms with van der Waals surface area (Å²) in [7, 11) is 3.25. The van der Waals surface area contributed by atoms with E-state index in [1.54, 1.807) is 14.2 Å². The summed E-state index contributed by atoms with van der Waals surface area (Å²) in [6, 6.07) is 19.2. The summed E-state index contributed by atoms with van der Waals surface area (Å²) in [6.45, 7) is 4.99. The number of hydrogen-bond donors (Lipinski definition) is 1. The quantitative estimate of drug-likeness (QED) is 0.541. The Labute approximate surface area is 195 Å². The first-order chi connectivity index (χ1) is 16.0. The number of nitrogens with zero attached hydrogens (tertiary/aromatic N) is 1. The second-order valence-electron chi connectivity index (χ2n) is 8.30. The van der Waals surface area contributed by atoms with Crippen molar-refractivity contribution >= 4 is 11.7 Å². The van der Waals surface area contributed by atoms with Crippen LogP contribution >= 0.6 is 0 Å². The summed E-state index contributed by atoms with van der Waals surface area (Å²) in [6.07, 6.45) is 0.720. The van der Waals surface area contributed by atoms with Crippen LogP contribution in [0.4, 0.5) is 10.5 Å². The number of ether oxygens (including phenoxy) is 3. The number of urea groups is 1. The Morgan fingerprint density at radius 2 is 1.64 bits per heavy atom. The fourth-order valence-corrected chi connectivity index (χ4v) is 4.36. The molecule has 6 heteroatoms. The maximum absolute atomic E-state index is 13.3. The molecule has 0 aliphatic carbocycles. The van der Waals surface area contributed by atoms with E-state index in [0.29, 0.717) is 24.7 Å². The van der Waals surface area contributed by atoms with Gasteiger partial charge in [-0.1, -0.05) is 24.3 Å². The van der Waals surface area contributed by atoms with Crippen molar-refractivity contribution in [1.29, 1.82) is 0 Å². The first kappa shape index (κ1) is 22.5. The predicted molar refractivity (Wildman–Crippen MR) is 130 cm³/mol. The normalized spacial score (nSPS) is 14.9. The minimum Gasteiger partial charge on any atom is -0.493 e. The van der Waals surface area contributed by atoms with Gasteiger partial charge >= 0.3 is 6.03 Å². The van der Waals surface area contributed by atoms with E-state index in [4.69, 9.17) is 14.2 Å². The van der Waals surface area contributed by atoms with E-state index in [1.165, 1.54) is 0 Å². The van der Waals surface area contributed by atoms with Crippen molar-refractivity contribution in [2.45, 2.75) is 26.3 Å². The average molecular weight is 447 g/mol. The van der Waals surface area contributed by atoms with Crippen molar-refractivity contribution in [3.8, 4) is 17.2 Å².